The van der Waals surface area contributed by atoms with Crippen molar-refractivity contribution in [3.8, 4) is 5.75 Å². The molecular formula is C13H20N4O2. The van der Waals surface area contributed by atoms with Crippen molar-refractivity contribution < 1.29 is 9.53 Å². The lowest BCUT2D eigenvalue weighted by Crippen LogP contribution is -2.49. The first-order valence-electron chi connectivity index (χ1n) is 6.47. The number of hydrogen-bond donors (Lipinski definition) is 1. The van der Waals surface area contributed by atoms with E-state index in [0.717, 1.165) is 37.7 Å². The SMILES string of the molecule is COc1ccnc(N2CCN(C(=O)CCN)CC2)c1. The van der Waals surface area contributed by atoms with E-state index in [1.54, 1.807) is 13.3 Å². The van der Waals surface area contributed by atoms with Gasteiger partial charge in [-0.1, -0.05) is 0 Å². The Kier molecular flexibility index (Phi) is 4.57. The third kappa shape index (κ3) is 3.35. The number of ether oxygens (including phenoxy) is 1. The zero-order chi connectivity index (χ0) is 13.7. The van der Waals surface area contributed by atoms with Gasteiger partial charge in [0.15, 0.2) is 0 Å². The van der Waals surface area contributed by atoms with E-state index >= 15 is 0 Å². The fourth-order valence-corrected chi connectivity index (χ4v) is 2.17. The maximum absolute atomic E-state index is 11.7. The van der Waals surface area contributed by atoms with Crippen molar-refractivity contribution >= 4 is 11.7 Å². The third-order valence-corrected chi connectivity index (χ3v) is 3.27. The predicted molar refractivity (Wildman–Crippen MR) is 73.3 cm³/mol. The van der Waals surface area contributed by atoms with Crippen LogP contribution < -0.4 is 15.4 Å². The Balaban J connectivity index is 1.94. The smallest absolute Gasteiger partial charge is 0.223 e. The minimum atomic E-state index is 0.140. The van der Waals surface area contributed by atoms with Gasteiger partial charge in [-0.3, -0.25) is 4.79 Å². The Morgan fingerprint density at radius 1 is 1.42 bits per heavy atom. The first-order valence-corrected chi connectivity index (χ1v) is 6.47. The van der Waals surface area contributed by atoms with Gasteiger partial charge >= 0.3 is 0 Å². The minimum Gasteiger partial charge on any atom is -0.497 e. The number of amides is 1. The summed E-state index contributed by atoms with van der Waals surface area (Å²) in [6, 6.07) is 3.74. The van der Waals surface area contributed by atoms with Crippen LogP contribution in [0, 0.1) is 0 Å². The van der Waals surface area contributed by atoms with Crippen molar-refractivity contribution in [2.24, 2.45) is 5.73 Å². The van der Waals surface area contributed by atoms with Crippen LogP contribution in [0.4, 0.5) is 5.82 Å². The molecule has 0 atom stereocenters. The molecule has 2 heterocycles. The van der Waals surface area contributed by atoms with E-state index in [0.29, 0.717) is 13.0 Å². The average molecular weight is 264 g/mol. The summed E-state index contributed by atoms with van der Waals surface area (Å²) in [4.78, 5) is 20.1. The molecule has 0 unspecified atom stereocenters. The summed E-state index contributed by atoms with van der Waals surface area (Å²) in [5.74, 6) is 1.83. The standard InChI is InChI=1S/C13H20N4O2/c1-19-11-3-5-15-12(10-11)16-6-8-17(9-7-16)13(18)2-4-14/h3,5,10H,2,4,6-9,14H2,1H3. The van der Waals surface area contributed by atoms with Crippen molar-refractivity contribution in [2.75, 3.05) is 44.7 Å². The van der Waals surface area contributed by atoms with Crippen molar-refractivity contribution in [1.82, 2.24) is 9.88 Å². The molecule has 1 saturated heterocycles. The molecule has 6 nitrogen and oxygen atoms in total. The Labute approximate surface area is 113 Å². The van der Waals surface area contributed by atoms with Gasteiger partial charge in [-0.15, -0.1) is 0 Å². The molecule has 1 amide bonds. The summed E-state index contributed by atoms with van der Waals surface area (Å²) >= 11 is 0. The van der Waals surface area contributed by atoms with Gasteiger partial charge in [0.05, 0.1) is 7.11 Å². The monoisotopic (exact) mass is 264 g/mol. The van der Waals surface area contributed by atoms with Crippen LogP contribution in [0.25, 0.3) is 0 Å². The molecule has 0 spiro atoms. The fourth-order valence-electron chi connectivity index (χ4n) is 2.17. The molecule has 1 aliphatic heterocycles. The Bertz CT molecular complexity index is 430. The number of nitrogens with two attached hydrogens (primary N) is 1. The number of pyridine rings is 1. The predicted octanol–water partition coefficient (Wildman–Crippen LogP) is 0.0876. The zero-order valence-electron chi connectivity index (χ0n) is 11.2. The average Bonchev–Trinajstić information content (AvgIpc) is 2.48. The summed E-state index contributed by atoms with van der Waals surface area (Å²) < 4.78 is 5.19. The number of carbonyl (C=O) groups excluding carboxylic acids is 1. The van der Waals surface area contributed by atoms with E-state index in [-0.39, 0.29) is 5.91 Å². The van der Waals surface area contributed by atoms with Crippen LogP contribution in [-0.4, -0.2) is 55.6 Å². The molecule has 0 aliphatic carbocycles. The van der Waals surface area contributed by atoms with Gasteiger partial charge in [-0.05, 0) is 6.07 Å². The lowest BCUT2D eigenvalue weighted by molar-refractivity contribution is -0.131. The van der Waals surface area contributed by atoms with Crippen LogP contribution >= 0.6 is 0 Å². The summed E-state index contributed by atoms with van der Waals surface area (Å²) in [6.07, 6.45) is 2.16. The summed E-state index contributed by atoms with van der Waals surface area (Å²) in [6.45, 7) is 3.43. The van der Waals surface area contributed by atoms with Gasteiger partial charge in [0.1, 0.15) is 11.6 Å². The summed E-state index contributed by atoms with van der Waals surface area (Å²) in [5.41, 5.74) is 5.40. The molecule has 0 aromatic carbocycles. The lowest BCUT2D eigenvalue weighted by atomic mass is 10.2. The molecule has 2 rings (SSSR count). The Morgan fingerprint density at radius 3 is 2.79 bits per heavy atom. The van der Waals surface area contributed by atoms with E-state index in [2.05, 4.69) is 9.88 Å². The molecule has 0 saturated carbocycles. The maximum Gasteiger partial charge on any atom is 0.223 e. The molecule has 1 aromatic rings. The third-order valence-electron chi connectivity index (χ3n) is 3.27. The zero-order valence-corrected chi connectivity index (χ0v) is 11.2. The highest BCUT2D eigenvalue weighted by molar-refractivity contribution is 5.76. The number of anilines is 1. The highest BCUT2D eigenvalue weighted by Gasteiger charge is 2.21. The maximum atomic E-state index is 11.7. The molecule has 0 radical (unpaired) electrons. The van der Waals surface area contributed by atoms with Gasteiger partial charge in [0.2, 0.25) is 5.91 Å². The van der Waals surface area contributed by atoms with Gasteiger partial charge in [-0.2, -0.15) is 0 Å². The molecule has 0 bridgehead atoms. The fraction of sp³-hybridized carbons (Fsp3) is 0.538. The second-order valence-electron chi connectivity index (χ2n) is 4.46. The van der Waals surface area contributed by atoms with Crippen LogP contribution in [0.5, 0.6) is 5.75 Å². The van der Waals surface area contributed by atoms with Crippen LogP contribution in [-0.2, 0) is 4.79 Å². The molecule has 6 heteroatoms. The van der Waals surface area contributed by atoms with Crippen LogP contribution in [0.1, 0.15) is 6.42 Å². The van der Waals surface area contributed by atoms with E-state index < -0.39 is 0 Å². The van der Waals surface area contributed by atoms with Crippen LogP contribution in [0.15, 0.2) is 18.3 Å². The molecule has 19 heavy (non-hydrogen) atoms. The topological polar surface area (TPSA) is 71.7 Å². The summed E-state index contributed by atoms with van der Waals surface area (Å²) in [5, 5.41) is 0. The van der Waals surface area contributed by atoms with Crippen molar-refractivity contribution in [2.45, 2.75) is 6.42 Å². The molecule has 1 aromatic heterocycles. The molecule has 1 aliphatic rings. The van der Waals surface area contributed by atoms with E-state index in [9.17, 15) is 4.79 Å². The number of piperazine rings is 1. The van der Waals surface area contributed by atoms with Gasteiger partial charge in [0, 0.05) is 51.4 Å². The van der Waals surface area contributed by atoms with E-state index in [1.807, 2.05) is 17.0 Å². The molecule has 1 fully saturated rings. The first kappa shape index (κ1) is 13.6. The lowest BCUT2D eigenvalue weighted by Gasteiger charge is -2.35. The minimum absolute atomic E-state index is 0.140. The van der Waals surface area contributed by atoms with Crippen molar-refractivity contribution in [3.63, 3.8) is 0 Å². The van der Waals surface area contributed by atoms with Crippen molar-refractivity contribution in [3.05, 3.63) is 18.3 Å². The number of carbonyl (C=O) groups is 1. The first-order chi connectivity index (χ1) is 9.24. The van der Waals surface area contributed by atoms with Crippen molar-refractivity contribution in [1.29, 1.82) is 0 Å². The van der Waals surface area contributed by atoms with E-state index in [1.165, 1.54) is 0 Å². The second kappa shape index (κ2) is 6.38. The molecule has 2 N–H and O–H groups in total. The van der Waals surface area contributed by atoms with Gasteiger partial charge in [0.25, 0.3) is 0 Å². The Morgan fingerprint density at radius 2 is 2.16 bits per heavy atom. The highest BCUT2D eigenvalue weighted by atomic mass is 16.5. The van der Waals surface area contributed by atoms with Crippen LogP contribution in [0.2, 0.25) is 0 Å². The molecule has 104 valence electrons. The summed E-state index contributed by atoms with van der Waals surface area (Å²) in [7, 11) is 1.64. The second-order valence-corrected chi connectivity index (χ2v) is 4.46. The van der Waals surface area contributed by atoms with Gasteiger partial charge < -0.3 is 20.3 Å². The van der Waals surface area contributed by atoms with Gasteiger partial charge in [-0.25, -0.2) is 4.98 Å². The largest absolute Gasteiger partial charge is 0.497 e. The molecular weight excluding hydrogens is 244 g/mol. The van der Waals surface area contributed by atoms with Crippen LogP contribution in [0.3, 0.4) is 0 Å². The number of methoxy groups -OCH3 is 1. The number of rotatable bonds is 4. The van der Waals surface area contributed by atoms with E-state index in [4.69, 9.17) is 10.5 Å². The normalized spacial score (nSPS) is 15.5. The highest BCUT2D eigenvalue weighted by Crippen LogP contribution is 2.19. The quantitative estimate of drug-likeness (QED) is 0.834. The number of aromatic nitrogens is 1. The Hall–Kier alpha value is -1.82. The number of hydrogen-bond acceptors (Lipinski definition) is 5. The number of nitrogens with zero attached hydrogens (tertiary/aromatic N) is 3.